The first-order valence-corrected chi connectivity index (χ1v) is 6.84. The number of ether oxygens (including phenoxy) is 2. The van der Waals surface area contributed by atoms with E-state index >= 15 is 0 Å². The predicted molar refractivity (Wildman–Crippen MR) is 81.9 cm³/mol. The van der Waals surface area contributed by atoms with Crippen LogP contribution in [0.1, 0.15) is 12.5 Å². The van der Waals surface area contributed by atoms with Crippen LogP contribution in [0, 0.1) is 0 Å². The molecule has 0 heterocycles. The number of aliphatic imine (C=N–C) groups is 1. The maximum Gasteiger partial charge on any atom is 0.191 e. The first-order chi connectivity index (χ1) is 9.76. The second-order valence-electron chi connectivity index (χ2n) is 4.54. The minimum absolute atomic E-state index is 0.219. The van der Waals surface area contributed by atoms with Gasteiger partial charge >= 0.3 is 0 Å². The van der Waals surface area contributed by atoms with Gasteiger partial charge in [-0.05, 0) is 12.5 Å². The highest BCUT2D eigenvalue weighted by atomic mass is 16.5. The van der Waals surface area contributed by atoms with Gasteiger partial charge in [0.2, 0.25) is 0 Å². The Morgan fingerprint density at radius 3 is 2.70 bits per heavy atom. The fourth-order valence-electron chi connectivity index (χ4n) is 1.73. The summed E-state index contributed by atoms with van der Waals surface area (Å²) in [6.07, 6.45) is 0. The van der Waals surface area contributed by atoms with Gasteiger partial charge in [0.25, 0.3) is 0 Å². The van der Waals surface area contributed by atoms with Crippen molar-refractivity contribution in [2.24, 2.45) is 4.99 Å². The first kappa shape index (κ1) is 16.5. The molecule has 112 valence electrons. The van der Waals surface area contributed by atoms with Gasteiger partial charge < -0.3 is 20.1 Å². The summed E-state index contributed by atoms with van der Waals surface area (Å²) >= 11 is 0. The summed E-state index contributed by atoms with van der Waals surface area (Å²) in [5.41, 5.74) is 1.18. The van der Waals surface area contributed by atoms with Crippen molar-refractivity contribution >= 4 is 5.96 Å². The van der Waals surface area contributed by atoms with E-state index in [0.29, 0.717) is 26.4 Å². The number of hydrogen-bond acceptors (Lipinski definition) is 3. The van der Waals surface area contributed by atoms with E-state index in [1.165, 1.54) is 5.56 Å². The Labute approximate surface area is 121 Å². The SMILES string of the molecule is CN=C(NCCOCc1ccccc1)NC(C)COC. The molecule has 0 amide bonds. The van der Waals surface area contributed by atoms with Crippen molar-refractivity contribution in [2.45, 2.75) is 19.6 Å². The molecule has 0 aliphatic rings. The van der Waals surface area contributed by atoms with Crippen LogP contribution < -0.4 is 10.6 Å². The Hall–Kier alpha value is -1.59. The first-order valence-electron chi connectivity index (χ1n) is 6.84. The molecule has 0 saturated carbocycles. The molecule has 0 aliphatic heterocycles. The lowest BCUT2D eigenvalue weighted by atomic mass is 10.2. The third kappa shape index (κ3) is 7.11. The van der Waals surface area contributed by atoms with Crippen LogP contribution in [-0.2, 0) is 16.1 Å². The fraction of sp³-hybridized carbons (Fsp3) is 0.533. The summed E-state index contributed by atoms with van der Waals surface area (Å²) in [5.74, 6) is 0.762. The van der Waals surface area contributed by atoms with E-state index in [1.54, 1.807) is 14.2 Å². The number of guanidine groups is 1. The van der Waals surface area contributed by atoms with Crippen LogP contribution in [0.15, 0.2) is 35.3 Å². The number of hydrogen-bond donors (Lipinski definition) is 2. The number of benzene rings is 1. The molecule has 0 aliphatic carbocycles. The molecule has 0 aromatic heterocycles. The number of methoxy groups -OCH3 is 1. The van der Waals surface area contributed by atoms with Crippen molar-refractivity contribution in [1.29, 1.82) is 0 Å². The molecule has 5 heteroatoms. The number of rotatable bonds is 8. The Balaban J connectivity index is 2.13. The van der Waals surface area contributed by atoms with Crippen LogP contribution in [0.2, 0.25) is 0 Å². The normalized spacial score (nSPS) is 13.1. The smallest absolute Gasteiger partial charge is 0.191 e. The Bertz CT molecular complexity index is 382. The molecular formula is C15H25N3O2. The van der Waals surface area contributed by atoms with Crippen LogP contribution in [0.4, 0.5) is 0 Å². The van der Waals surface area contributed by atoms with E-state index in [4.69, 9.17) is 9.47 Å². The summed E-state index contributed by atoms with van der Waals surface area (Å²) in [4.78, 5) is 4.15. The van der Waals surface area contributed by atoms with E-state index in [0.717, 1.165) is 5.96 Å². The molecule has 1 rings (SSSR count). The Morgan fingerprint density at radius 1 is 1.30 bits per heavy atom. The third-order valence-electron chi connectivity index (χ3n) is 2.67. The van der Waals surface area contributed by atoms with Crippen molar-refractivity contribution in [3.05, 3.63) is 35.9 Å². The summed E-state index contributed by atoms with van der Waals surface area (Å²) in [6.45, 7) is 4.67. The number of nitrogens with zero attached hydrogens (tertiary/aromatic N) is 1. The van der Waals surface area contributed by atoms with Crippen molar-refractivity contribution in [3.8, 4) is 0 Å². The van der Waals surface area contributed by atoms with E-state index in [9.17, 15) is 0 Å². The second-order valence-corrected chi connectivity index (χ2v) is 4.54. The Kier molecular flexibility index (Phi) is 8.42. The zero-order chi connectivity index (χ0) is 14.6. The maximum absolute atomic E-state index is 5.60. The molecule has 2 N–H and O–H groups in total. The molecule has 1 atom stereocenters. The van der Waals surface area contributed by atoms with Crippen LogP contribution in [0.3, 0.4) is 0 Å². The molecular weight excluding hydrogens is 254 g/mol. The highest BCUT2D eigenvalue weighted by Crippen LogP contribution is 1.99. The molecule has 20 heavy (non-hydrogen) atoms. The van der Waals surface area contributed by atoms with Gasteiger partial charge in [-0.2, -0.15) is 0 Å². The monoisotopic (exact) mass is 279 g/mol. The van der Waals surface area contributed by atoms with Gasteiger partial charge in [0.1, 0.15) is 0 Å². The molecule has 0 spiro atoms. The van der Waals surface area contributed by atoms with Crippen LogP contribution in [-0.4, -0.2) is 45.9 Å². The molecule has 0 fully saturated rings. The zero-order valence-corrected chi connectivity index (χ0v) is 12.6. The van der Waals surface area contributed by atoms with Gasteiger partial charge in [0.05, 0.1) is 19.8 Å². The number of nitrogens with one attached hydrogen (secondary N) is 2. The highest BCUT2D eigenvalue weighted by molar-refractivity contribution is 5.79. The zero-order valence-electron chi connectivity index (χ0n) is 12.6. The molecule has 1 aromatic rings. The minimum Gasteiger partial charge on any atom is -0.383 e. The second kappa shape index (κ2) is 10.2. The van der Waals surface area contributed by atoms with E-state index < -0.39 is 0 Å². The Morgan fingerprint density at radius 2 is 2.05 bits per heavy atom. The summed E-state index contributed by atoms with van der Waals surface area (Å²) in [5, 5.41) is 6.44. The van der Waals surface area contributed by atoms with Crippen molar-refractivity contribution in [1.82, 2.24) is 10.6 Å². The average Bonchev–Trinajstić information content (AvgIpc) is 2.47. The maximum atomic E-state index is 5.60. The van der Waals surface area contributed by atoms with E-state index in [1.807, 2.05) is 25.1 Å². The molecule has 0 saturated heterocycles. The van der Waals surface area contributed by atoms with Crippen molar-refractivity contribution < 1.29 is 9.47 Å². The van der Waals surface area contributed by atoms with Gasteiger partial charge in [0, 0.05) is 26.7 Å². The van der Waals surface area contributed by atoms with Gasteiger partial charge in [-0.25, -0.2) is 0 Å². The van der Waals surface area contributed by atoms with Crippen LogP contribution >= 0.6 is 0 Å². The lowest BCUT2D eigenvalue weighted by Gasteiger charge is -2.17. The largest absolute Gasteiger partial charge is 0.383 e. The fourth-order valence-corrected chi connectivity index (χ4v) is 1.73. The topological polar surface area (TPSA) is 54.9 Å². The molecule has 0 bridgehead atoms. The lowest BCUT2D eigenvalue weighted by molar-refractivity contribution is 0.125. The minimum atomic E-state index is 0.219. The van der Waals surface area contributed by atoms with Crippen molar-refractivity contribution in [2.75, 3.05) is 33.9 Å². The third-order valence-corrected chi connectivity index (χ3v) is 2.67. The standard InChI is InChI=1S/C15H25N3O2/c1-13(11-19-3)18-15(16-2)17-9-10-20-12-14-7-5-4-6-8-14/h4-8,13H,9-12H2,1-3H3,(H2,16,17,18). The van der Waals surface area contributed by atoms with Gasteiger partial charge in [-0.15, -0.1) is 0 Å². The molecule has 5 nitrogen and oxygen atoms in total. The summed E-state index contributed by atoms with van der Waals surface area (Å²) in [6, 6.07) is 10.4. The summed E-state index contributed by atoms with van der Waals surface area (Å²) < 4.78 is 10.7. The average molecular weight is 279 g/mol. The highest BCUT2D eigenvalue weighted by Gasteiger charge is 2.03. The quantitative estimate of drug-likeness (QED) is 0.429. The predicted octanol–water partition coefficient (Wildman–Crippen LogP) is 1.40. The molecule has 0 radical (unpaired) electrons. The van der Waals surface area contributed by atoms with E-state index in [2.05, 4.69) is 27.8 Å². The molecule has 1 aromatic carbocycles. The van der Waals surface area contributed by atoms with Gasteiger partial charge in [0.15, 0.2) is 5.96 Å². The molecule has 1 unspecified atom stereocenters. The van der Waals surface area contributed by atoms with Crippen LogP contribution in [0.25, 0.3) is 0 Å². The van der Waals surface area contributed by atoms with Gasteiger partial charge in [-0.3, -0.25) is 4.99 Å². The lowest BCUT2D eigenvalue weighted by Crippen LogP contribution is -2.44. The van der Waals surface area contributed by atoms with Crippen molar-refractivity contribution in [3.63, 3.8) is 0 Å². The van der Waals surface area contributed by atoms with Gasteiger partial charge in [-0.1, -0.05) is 30.3 Å². The van der Waals surface area contributed by atoms with Crippen LogP contribution in [0.5, 0.6) is 0 Å². The summed E-state index contributed by atoms with van der Waals surface area (Å²) in [7, 11) is 3.44. The van der Waals surface area contributed by atoms with E-state index in [-0.39, 0.29) is 6.04 Å².